The number of carbonyl (C=O) groups excluding carboxylic acids is 1. The second-order valence-electron chi connectivity index (χ2n) is 3.78. The highest BCUT2D eigenvalue weighted by atomic mass is 35.5. The quantitative estimate of drug-likeness (QED) is 0.375. The lowest BCUT2D eigenvalue weighted by Gasteiger charge is -2.12. The van der Waals surface area contributed by atoms with Crippen LogP contribution >= 0.6 is 11.6 Å². The van der Waals surface area contributed by atoms with Crippen LogP contribution in [0.15, 0.2) is 22.3 Å². The van der Waals surface area contributed by atoms with Crippen molar-refractivity contribution >= 4 is 29.7 Å². The fourth-order valence-corrected chi connectivity index (χ4v) is 1.54. The third kappa shape index (κ3) is 5.57. The highest BCUT2D eigenvalue weighted by molar-refractivity contribution is 6.33. The number of benzene rings is 1. The second kappa shape index (κ2) is 7.95. The lowest BCUT2D eigenvalue weighted by atomic mass is 10.2. The van der Waals surface area contributed by atoms with E-state index in [1.165, 1.54) is 12.3 Å². The van der Waals surface area contributed by atoms with Gasteiger partial charge in [-0.3, -0.25) is 4.79 Å². The van der Waals surface area contributed by atoms with Crippen molar-refractivity contribution in [2.45, 2.75) is 6.92 Å². The van der Waals surface area contributed by atoms with Crippen molar-refractivity contribution in [3.05, 3.63) is 22.7 Å². The molecule has 1 aromatic rings. The summed E-state index contributed by atoms with van der Waals surface area (Å²) >= 11 is 6.08. The Kier molecular flexibility index (Phi) is 6.28. The number of hydrogen-bond acceptors (Lipinski definition) is 5. The molecule has 1 amide bonds. The molecule has 0 saturated heterocycles. The molecule has 0 fully saturated rings. The zero-order valence-electron chi connectivity index (χ0n) is 11.4. The van der Waals surface area contributed by atoms with Gasteiger partial charge in [-0.15, -0.1) is 5.10 Å². The van der Waals surface area contributed by atoms with Crippen molar-refractivity contribution in [2.24, 2.45) is 27.4 Å². The van der Waals surface area contributed by atoms with Crippen LogP contribution in [0.3, 0.4) is 0 Å². The number of nitrogens with two attached hydrogens (primary N) is 3. The van der Waals surface area contributed by atoms with Crippen LogP contribution < -0.4 is 26.7 Å². The van der Waals surface area contributed by atoms with Crippen LogP contribution in [0.25, 0.3) is 0 Å². The number of carbonyl (C=O) groups is 1. The van der Waals surface area contributed by atoms with E-state index in [9.17, 15) is 4.79 Å². The average molecular weight is 314 g/mol. The fourth-order valence-electron chi connectivity index (χ4n) is 1.34. The first kappa shape index (κ1) is 16.6. The van der Waals surface area contributed by atoms with Crippen molar-refractivity contribution in [1.29, 1.82) is 0 Å². The predicted molar refractivity (Wildman–Crippen MR) is 80.7 cm³/mol. The summed E-state index contributed by atoms with van der Waals surface area (Å²) in [5, 5.41) is 7.46. The molecular formula is C12H16ClN5O3. The van der Waals surface area contributed by atoms with E-state index < -0.39 is 5.91 Å². The van der Waals surface area contributed by atoms with Gasteiger partial charge >= 0.3 is 0 Å². The SMILES string of the molecule is CCOc1cc(C=NN=C(N)N)c(Cl)cc1OCC(N)=O. The molecule has 0 aliphatic carbocycles. The molecule has 8 nitrogen and oxygen atoms in total. The highest BCUT2D eigenvalue weighted by Crippen LogP contribution is 2.33. The predicted octanol–water partition coefficient (Wildman–Crippen LogP) is 0.210. The summed E-state index contributed by atoms with van der Waals surface area (Å²) in [6, 6.07) is 3.08. The van der Waals surface area contributed by atoms with Crippen LogP contribution in [0.5, 0.6) is 11.5 Å². The molecule has 0 bridgehead atoms. The van der Waals surface area contributed by atoms with Gasteiger partial charge in [0.15, 0.2) is 18.1 Å². The van der Waals surface area contributed by atoms with Gasteiger partial charge in [-0.05, 0) is 13.0 Å². The van der Waals surface area contributed by atoms with Gasteiger partial charge in [0.1, 0.15) is 0 Å². The largest absolute Gasteiger partial charge is 0.490 e. The van der Waals surface area contributed by atoms with Crippen LogP contribution in [-0.2, 0) is 4.79 Å². The lowest BCUT2D eigenvalue weighted by molar-refractivity contribution is -0.119. The summed E-state index contributed by atoms with van der Waals surface area (Å²) in [6.07, 6.45) is 1.36. The Balaban J connectivity index is 3.07. The molecule has 6 N–H and O–H groups in total. The summed E-state index contributed by atoms with van der Waals surface area (Å²) in [7, 11) is 0. The standard InChI is InChI=1S/C12H16ClN5O3/c1-2-20-9-3-7(5-17-18-12(15)16)8(13)4-10(9)21-6-11(14)19/h3-5H,2,6H2,1H3,(H2,14,19)(H4,15,16,18). The zero-order valence-corrected chi connectivity index (χ0v) is 12.1. The van der Waals surface area contributed by atoms with E-state index in [4.69, 9.17) is 38.3 Å². The molecule has 21 heavy (non-hydrogen) atoms. The van der Waals surface area contributed by atoms with E-state index in [1.807, 2.05) is 0 Å². The van der Waals surface area contributed by atoms with E-state index in [-0.39, 0.29) is 12.6 Å². The topological polar surface area (TPSA) is 138 Å². The first-order valence-electron chi connectivity index (χ1n) is 5.93. The van der Waals surface area contributed by atoms with E-state index >= 15 is 0 Å². The van der Waals surface area contributed by atoms with Gasteiger partial charge in [0.05, 0.1) is 17.8 Å². The molecule has 0 unspecified atom stereocenters. The summed E-state index contributed by atoms with van der Waals surface area (Å²) in [5.74, 6) is -0.0743. The number of nitrogens with zero attached hydrogens (tertiary/aromatic N) is 2. The van der Waals surface area contributed by atoms with Crippen LogP contribution in [0.1, 0.15) is 12.5 Å². The molecule has 0 aromatic heterocycles. The zero-order chi connectivity index (χ0) is 15.8. The van der Waals surface area contributed by atoms with Gasteiger partial charge in [-0.2, -0.15) is 5.10 Å². The minimum absolute atomic E-state index is 0.172. The Morgan fingerprint density at radius 1 is 1.29 bits per heavy atom. The third-order valence-corrected chi connectivity index (χ3v) is 2.43. The Morgan fingerprint density at radius 3 is 2.52 bits per heavy atom. The van der Waals surface area contributed by atoms with E-state index in [0.29, 0.717) is 28.7 Å². The monoisotopic (exact) mass is 313 g/mol. The number of amides is 1. The highest BCUT2D eigenvalue weighted by Gasteiger charge is 2.11. The molecule has 0 heterocycles. The lowest BCUT2D eigenvalue weighted by Crippen LogP contribution is -2.21. The fraction of sp³-hybridized carbons (Fsp3) is 0.250. The molecule has 0 spiro atoms. The first-order chi connectivity index (χ1) is 9.93. The minimum atomic E-state index is -0.605. The Labute approximate surface area is 126 Å². The molecule has 0 saturated carbocycles. The third-order valence-electron chi connectivity index (χ3n) is 2.10. The molecule has 0 atom stereocenters. The van der Waals surface area contributed by atoms with Gasteiger partial charge < -0.3 is 26.7 Å². The first-order valence-corrected chi connectivity index (χ1v) is 6.31. The molecule has 1 rings (SSSR count). The van der Waals surface area contributed by atoms with Gasteiger partial charge in [-0.25, -0.2) is 0 Å². The molecule has 1 aromatic carbocycles. The van der Waals surface area contributed by atoms with Crippen LogP contribution in [0.2, 0.25) is 5.02 Å². The molecule has 0 aliphatic heterocycles. The van der Waals surface area contributed by atoms with Crippen molar-refractivity contribution in [2.75, 3.05) is 13.2 Å². The number of guanidine groups is 1. The molecular weight excluding hydrogens is 298 g/mol. The Hall–Kier alpha value is -2.48. The van der Waals surface area contributed by atoms with Crippen molar-refractivity contribution in [3.63, 3.8) is 0 Å². The molecule has 114 valence electrons. The molecule has 9 heteroatoms. The van der Waals surface area contributed by atoms with Crippen molar-refractivity contribution < 1.29 is 14.3 Å². The second-order valence-corrected chi connectivity index (χ2v) is 4.19. The Morgan fingerprint density at radius 2 is 1.95 bits per heavy atom. The number of ether oxygens (including phenoxy) is 2. The minimum Gasteiger partial charge on any atom is -0.490 e. The maximum Gasteiger partial charge on any atom is 0.255 e. The number of rotatable bonds is 7. The molecule has 0 aliphatic rings. The van der Waals surface area contributed by atoms with E-state index in [2.05, 4.69) is 10.2 Å². The maximum absolute atomic E-state index is 10.8. The van der Waals surface area contributed by atoms with E-state index in [1.54, 1.807) is 13.0 Å². The van der Waals surface area contributed by atoms with Gasteiger partial charge in [0, 0.05) is 11.6 Å². The molecule has 0 radical (unpaired) electrons. The maximum atomic E-state index is 10.8. The van der Waals surface area contributed by atoms with Crippen molar-refractivity contribution in [3.8, 4) is 11.5 Å². The Bertz CT molecular complexity index is 570. The van der Waals surface area contributed by atoms with Gasteiger partial charge in [0.25, 0.3) is 5.91 Å². The average Bonchev–Trinajstić information content (AvgIpc) is 2.40. The summed E-state index contributed by atoms with van der Waals surface area (Å²) in [5.41, 5.74) is 15.9. The van der Waals surface area contributed by atoms with Gasteiger partial charge in [0.2, 0.25) is 5.96 Å². The van der Waals surface area contributed by atoms with Crippen molar-refractivity contribution in [1.82, 2.24) is 0 Å². The number of primary amides is 1. The summed E-state index contributed by atoms with van der Waals surface area (Å²) < 4.78 is 10.6. The van der Waals surface area contributed by atoms with Crippen LogP contribution in [0.4, 0.5) is 0 Å². The smallest absolute Gasteiger partial charge is 0.255 e. The number of halogens is 1. The van der Waals surface area contributed by atoms with Gasteiger partial charge in [-0.1, -0.05) is 11.6 Å². The summed E-state index contributed by atoms with van der Waals surface area (Å²) in [4.78, 5) is 10.8. The summed E-state index contributed by atoms with van der Waals surface area (Å²) in [6.45, 7) is 1.93. The van der Waals surface area contributed by atoms with Crippen LogP contribution in [0, 0.1) is 0 Å². The normalized spacial score (nSPS) is 10.4. The number of hydrogen-bond donors (Lipinski definition) is 3. The van der Waals surface area contributed by atoms with E-state index in [0.717, 1.165) is 0 Å². The van der Waals surface area contributed by atoms with Crippen LogP contribution in [-0.4, -0.2) is 31.3 Å².